The highest BCUT2D eigenvalue weighted by Gasteiger charge is 2.57. The van der Waals surface area contributed by atoms with Crippen molar-refractivity contribution in [3.05, 3.63) is 59.7 Å². The summed E-state index contributed by atoms with van der Waals surface area (Å²) in [6.45, 7) is 0.730. The molecule has 0 aromatic heterocycles. The molecule has 2 aliphatic rings. The second-order valence-electron chi connectivity index (χ2n) is 6.85. The molecule has 0 spiro atoms. The summed E-state index contributed by atoms with van der Waals surface area (Å²) in [5, 5.41) is 19.5. The van der Waals surface area contributed by atoms with Gasteiger partial charge in [-0.2, -0.15) is 0 Å². The standard InChI is InChI=1S/C20H21NO3/c22-16-9-10-17(18(23)12-16)19(24)21-13-15-8-4-5-11-20(15,21)14-6-2-1-3-7-14/h1-3,6-7,9-10,12,15,22-23H,4-5,8,11,13H2/t15-,20+/m0/s1. The monoisotopic (exact) mass is 323 g/mol. The van der Waals surface area contributed by atoms with E-state index in [0.717, 1.165) is 25.8 Å². The smallest absolute Gasteiger partial charge is 0.258 e. The minimum absolute atomic E-state index is 0.0408. The average Bonchev–Trinajstić information content (AvgIpc) is 2.57. The molecule has 1 saturated carbocycles. The molecule has 4 heteroatoms. The van der Waals surface area contributed by atoms with E-state index in [1.165, 1.54) is 30.2 Å². The van der Waals surface area contributed by atoms with Gasteiger partial charge in [-0.15, -0.1) is 0 Å². The summed E-state index contributed by atoms with van der Waals surface area (Å²) in [6, 6.07) is 14.4. The minimum Gasteiger partial charge on any atom is -0.508 e. The predicted octanol–water partition coefficient (Wildman–Crippen LogP) is 3.64. The van der Waals surface area contributed by atoms with Gasteiger partial charge in [0.05, 0.1) is 11.1 Å². The molecule has 4 rings (SSSR count). The van der Waals surface area contributed by atoms with Gasteiger partial charge in [0.25, 0.3) is 5.91 Å². The number of fused-ring (bicyclic) bond motifs is 1. The average molecular weight is 323 g/mol. The van der Waals surface area contributed by atoms with E-state index in [1.54, 1.807) is 0 Å². The van der Waals surface area contributed by atoms with Gasteiger partial charge in [-0.25, -0.2) is 0 Å². The molecular weight excluding hydrogens is 302 g/mol. The molecule has 2 aromatic carbocycles. The Hall–Kier alpha value is -2.49. The molecule has 24 heavy (non-hydrogen) atoms. The second-order valence-corrected chi connectivity index (χ2v) is 6.85. The summed E-state index contributed by atoms with van der Waals surface area (Å²) in [6.07, 6.45) is 4.43. The van der Waals surface area contributed by atoms with E-state index in [9.17, 15) is 15.0 Å². The molecule has 124 valence electrons. The van der Waals surface area contributed by atoms with Crippen LogP contribution in [0.4, 0.5) is 0 Å². The zero-order valence-corrected chi connectivity index (χ0v) is 13.5. The fourth-order valence-corrected chi connectivity index (χ4v) is 4.47. The van der Waals surface area contributed by atoms with Gasteiger partial charge < -0.3 is 15.1 Å². The topological polar surface area (TPSA) is 60.8 Å². The maximum atomic E-state index is 13.1. The Morgan fingerprint density at radius 3 is 2.58 bits per heavy atom. The van der Waals surface area contributed by atoms with Crippen LogP contribution in [0.5, 0.6) is 11.5 Å². The number of rotatable bonds is 2. The van der Waals surface area contributed by atoms with Crippen LogP contribution in [0, 0.1) is 5.92 Å². The van der Waals surface area contributed by atoms with E-state index in [-0.39, 0.29) is 28.5 Å². The molecule has 1 aliphatic heterocycles. The molecule has 1 aliphatic carbocycles. The first kappa shape index (κ1) is 15.1. The molecule has 2 aromatic rings. The van der Waals surface area contributed by atoms with Crippen molar-refractivity contribution in [1.82, 2.24) is 4.90 Å². The predicted molar refractivity (Wildman–Crippen MR) is 90.9 cm³/mol. The van der Waals surface area contributed by atoms with Gasteiger partial charge in [-0.3, -0.25) is 4.79 Å². The first-order valence-electron chi connectivity index (χ1n) is 8.52. The first-order valence-corrected chi connectivity index (χ1v) is 8.52. The van der Waals surface area contributed by atoms with Crippen molar-refractivity contribution in [2.75, 3.05) is 6.54 Å². The number of hydrogen-bond acceptors (Lipinski definition) is 3. The number of nitrogens with zero attached hydrogens (tertiary/aromatic N) is 1. The van der Waals surface area contributed by atoms with E-state index in [4.69, 9.17) is 0 Å². The van der Waals surface area contributed by atoms with Gasteiger partial charge in [0.2, 0.25) is 0 Å². The zero-order valence-electron chi connectivity index (χ0n) is 13.5. The quantitative estimate of drug-likeness (QED) is 0.887. The van der Waals surface area contributed by atoms with Crippen molar-refractivity contribution >= 4 is 5.91 Å². The normalized spacial score (nSPS) is 25.7. The molecule has 0 radical (unpaired) electrons. The molecule has 2 atom stereocenters. The van der Waals surface area contributed by atoms with Gasteiger partial charge in [0.1, 0.15) is 11.5 Å². The van der Waals surface area contributed by atoms with Gasteiger partial charge >= 0.3 is 0 Å². The molecule has 2 N–H and O–H groups in total. The van der Waals surface area contributed by atoms with Crippen LogP contribution >= 0.6 is 0 Å². The number of phenolic OH excluding ortho intramolecular Hbond substituents is 2. The Morgan fingerprint density at radius 2 is 1.88 bits per heavy atom. The van der Waals surface area contributed by atoms with Crippen LogP contribution in [0.2, 0.25) is 0 Å². The maximum absolute atomic E-state index is 13.1. The minimum atomic E-state index is -0.249. The fourth-order valence-electron chi connectivity index (χ4n) is 4.47. The van der Waals surface area contributed by atoms with Crippen LogP contribution in [-0.2, 0) is 5.54 Å². The van der Waals surface area contributed by atoms with Gasteiger partial charge in [-0.1, -0.05) is 43.2 Å². The molecular formula is C20H21NO3. The third kappa shape index (κ3) is 2.09. The zero-order chi connectivity index (χ0) is 16.7. The Kier molecular flexibility index (Phi) is 3.48. The SMILES string of the molecule is O=C(c1ccc(O)cc1O)N1C[C@@H]2CCCC[C@@]21c1ccccc1. The third-order valence-corrected chi connectivity index (χ3v) is 5.65. The van der Waals surface area contributed by atoms with Crippen molar-refractivity contribution in [2.24, 2.45) is 5.92 Å². The lowest BCUT2D eigenvalue weighted by atomic mass is 9.61. The van der Waals surface area contributed by atoms with Crippen molar-refractivity contribution in [2.45, 2.75) is 31.2 Å². The number of hydrogen-bond donors (Lipinski definition) is 2. The summed E-state index contributed by atoms with van der Waals surface area (Å²) >= 11 is 0. The number of likely N-dealkylation sites (tertiary alicyclic amines) is 1. The lowest BCUT2D eigenvalue weighted by Gasteiger charge is -2.61. The van der Waals surface area contributed by atoms with Crippen molar-refractivity contribution in [3.8, 4) is 11.5 Å². The number of phenols is 2. The summed E-state index contributed by atoms with van der Waals surface area (Å²) in [5.41, 5.74) is 1.20. The van der Waals surface area contributed by atoms with Crippen LogP contribution in [0.3, 0.4) is 0 Å². The lowest BCUT2D eigenvalue weighted by Crippen LogP contribution is -2.67. The maximum Gasteiger partial charge on any atom is 0.258 e. The second kappa shape index (κ2) is 5.55. The van der Waals surface area contributed by atoms with Crippen LogP contribution < -0.4 is 0 Å². The molecule has 0 bridgehead atoms. The highest BCUT2D eigenvalue weighted by Crippen LogP contribution is 2.54. The molecule has 1 saturated heterocycles. The summed E-state index contributed by atoms with van der Waals surface area (Å²) in [7, 11) is 0. The van der Waals surface area contributed by atoms with Crippen LogP contribution in [0.1, 0.15) is 41.6 Å². The highest BCUT2D eigenvalue weighted by atomic mass is 16.3. The van der Waals surface area contributed by atoms with E-state index in [2.05, 4.69) is 12.1 Å². The van der Waals surface area contributed by atoms with Crippen molar-refractivity contribution < 1.29 is 15.0 Å². The summed E-state index contributed by atoms with van der Waals surface area (Å²) < 4.78 is 0. The first-order chi connectivity index (χ1) is 11.6. The largest absolute Gasteiger partial charge is 0.508 e. The third-order valence-electron chi connectivity index (χ3n) is 5.65. The number of benzene rings is 2. The summed E-state index contributed by atoms with van der Waals surface area (Å²) in [5.74, 6) is 0.120. The highest BCUT2D eigenvalue weighted by molar-refractivity contribution is 5.98. The van der Waals surface area contributed by atoms with Crippen LogP contribution in [0.25, 0.3) is 0 Å². The van der Waals surface area contributed by atoms with E-state index < -0.39 is 0 Å². The van der Waals surface area contributed by atoms with Gasteiger partial charge in [0, 0.05) is 18.5 Å². The Bertz CT molecular complexity index is 774. The van der Waals surface area contributed by atoms with E-state index >= 15 is 0 Å². The van der Waals surface area contributed by atoms with Gasteiger partial charge in [0.15, 0.2) is 0 Å². The molecule has 1 heterocycles. The number of carbonyl (C=O) groups is 1. The molecule has 4 nitrogen and oxygen atoms in total. The van der Waals surface area contributed by atoms with Crippen molar-refractivity contribution in [1.29, 1.82) is 0 Å². The van der Waals surface area contributed by atoms with Crippen LogP contribution in [0.15, 0.2) is 48.5 Å². The van der Waals surface area contributed by atoms with E-state index in [1.807, 2.05) is 23.1 Å². The van der Waals surface area contributed by atoms with E-state index in [0.29, 0.717) is 5.92 Å². The Labute approximate surface area is 141 Å². The lowest BCUT2D eigenvalue weighted by molar-refractivity contribution is -0.0869. The Morgan fingerprint density at radius 1 is 1.08 bits per heavy atom. The molecule has 0 unspecified atom stereocenters. The number of carbonyl (C=O) groups excluding carboxylic acids is 1. The number of amides is 1. The number of aromatic hydroxyl groups is 2. The Balaban J connectivity index is 1.73. The summed E-state index contributed by atoms with van der Waals surface area (Å²) in [4.78, 5) is 15.0. The molecule has 2 fully saturated rings. The fraction of sp³-hybridized carbons (Fsp3) is 0.350. The van der Waals surface area contributed by atoms with Gasteiger partial charge in [-0.05, 0) is 30.5 Å². The van der Waals surface area contributed by atoms with Crippen LogP contribution in [-0.4, -0.2) is 27.6 Å². The molecule has 1 amide bonds. The van der Waals surface area contributed by atoms with Crippen molar-refractivity contribution in [3.63, 3.8) is 0 Å².